The van der Waals surface area contributed by atoms with Gasteiger partial charge in [0.2, 0.25) is 0 Å². The largest absolute Gasteiger partial charge is 0.294 e. The van der Waals surface area contributed by atoms with Crippen LogP contribution in [0.3, 0.4) is 0 Å². The molecule has 1 aliphatic carbocycles. The zero-order valence-corrected chi connectivity index (χ0v) is 7.74. The predicted octanol–water partition coefficient (Wildman–Crippen LogP) is 3.12. The molecule has 0 saturated carbocycles. The van der Waals surface area contributed by atoms with Crippen LogP contribution in [0, 0.1) is 0 Å². The number of benzene rings is 1. The van der Waals surface area contributed by atoms with E-state index in [2.05, 4.69) is 0 Å². The Morgan fingerprint density at radius 2 is 1.92 bits per heavy atom. The third kappa shape index (κ3) is 1.13. The lowest BCUT2D eigenvalue weighted by atomic mass is 10.1. The molecule has 0 atom stereocenters. The van der Waals surface area contributed by atoms with Crippen LogP contribution in [0.1, 0.15) is 22.3 Å². The Hall–Kier alpha value is -0.530. The molecule has 2 rings (SSSR count). The first-order valence-electron chi connectivity index (χ1n) is 3.69. The summed E-state index contributed by atoms with van der Waals surface area (Å²) in [4.78, 5) is 11.3. The van der Waals surface area contributed by atoms with Gasteiger partial charge in [0.05, 0.1) is 5.02 Å². The standard InChI is InChI=1S/C9H6Cl2O/c10-6-3-5-1-2-8(12)9(5)7(11)4-6/h3-4H,1-2H2. The molecule has 0 spiro atoms. The van der Waals surface area contributed by atoms with E-state index in [-0.39, 0.29) is 5.78 Å². The molecule has 0 amide bonds. The number of rotatable bonds is 0. The maximum Gasteiger partial charge on any atom is 0.164 e. The molecule has 1 nitrogen and oxygen atoms in total. The number of Topliss-reactive ketones (excluding diaryl/α,β-unsaturated/α-hetero) is 1. The van der Waals surface area contributed by atoms with Crippen molar-refractivity contribution in [3.8, 4) is 0 Å². The molecule has 0 aliphatic heterocycles. The Bertz CT molecular complexity index is 358. The molecule has 0 aromatic heterocycles. The zero-order valence-electron chi connectivity index (χ0n) is 6.23. The molecular weight excluding hydrogens is 195 g/mol. The monoisotopic (exact) mass is 200 g/mol. The minimum absolute atomic E-state index is 0.131. The molecule has 0 bridgehead atoms. The third-order valence-corrected chi connectivity index (χ3v) is 2.55. The van der Waals surface area contributed by atoms with Gasteiger partial charge in [0.25, 0.3) is 0 Å². The van der Waals surface area contributed by atoms with Crippen LogP contribution >= 0.6 is 23.2 Å². The molecule has 62 valence electrons. The van der Waals surface area contributed by atoms with Crippen molar-refractivity contribution in [2.75, 3.05) is 0 Å². The number of fused-ring (bicyclic) bond motifs is 1. The van der Waals surface area contributed by atoms with Gasteiger partial charge >= 0.3 is 0 Å². The van der Waals surface area contributed by atoms with E-state index in [1.165, 1.54) is 0 Å². The Labute approximate surface area is 80.3 Å². The highest BCUT2D eigenvalue weighted by molar-refractivity contribution is 6.37. The Morgan fingerprint density at radius 1 is 1.17 bits per heavy atom. The molecule has 1 aliphatic rings. The van der Waals surface area contributed by atoms with Crippen molar-refractivity contribution in [2.45, 2.75) is 12.8 Å². The van der Waals surface area contributed by atoms with Crippen molar-refractivity contribution in [3.05, 3.63) is 33.3 Å². The molecule has 0 unspecified atom stereocenters. The molecule has 1 aromatic rings. The molecular formula is C9H6Cl2O. The number of halogens is 2. The van der Waals surface area contributed by atoms with Crippen molar-refractivity contribution in [1.29, 1.82) is 0 Å². The maximum absolute atomic E-state index is 11.3. The highest BCUT2D eigenvalue weighted by Gasteiger charge is 2.22. The fourth-order valence-corrected chi connectivity index (χ4v) is 2.15. The summed E-state index contributed by atoms with van der Waals surface area (Å²) in [5.74, 6) is 0.131. The lowest BCUT2D eigenvalue weighted by Gasteiger charge is -2.00. The van der Waals surface area contributed by atoms with E-state index >= 15 is 0 Å². The Kier molecular flexibility index (Phi) is 1.85. The number of ketones is 1. The second-order valence-corrected chi connectivity index (χ2v) is 3.69. The van der Waals surface area contributed by atoms with Gasteiger partial charge in [-0.1, -0.05) is 23.2 Å². The normalized spacial score (nSPS) is 15.0. The van der Waals surface area contributed by atoms with Gasteiger partial charge in [0, 0.05) is 17.0 Å². The first-order chi connectivity index (χ1) is 5.68. The molecule has 1 aromatic carbocycles. The van der Waals surface area contributed by atoms with E-state index < -0.39 is 0 Å². The van der Waals surface area contributed by atoms with E-state index in [1.807, 2.05) is 6.07 Å². The Morgan fingerprint density at radius 3 is 2.67 bits per heavy atom. The third-order valence-electron chi connectivity index (χ3n) is 2.04. The van der Waals surface area contributed by atoms with Crippen molar-refractivity contribution in [3.63, 3.8) is 0 Å². The van der Waals surface area contributed by atoms with Crippen LogP contribution in [0.25, 0.3) is 0 Å². The quantitative estimate of drug-likeness (QED) is 0.630. The average molecular weight is 201 g/mol. The van der Waals surface area contributed by atoms with Gasteiger partial charge < -0.3 is 0 Å². The van der Waals surface area contributed by atoms with Crippen LogP contribution in [0.4, 0.5) is 0 Å². The van der Waals surface area contributed by atoms with Crippen molar-refractivity contribution in [2.24, 2.45) is 0 Å². The SMILES string of the molecule is O=C1CCc2cc(Cl)cc(Cl)c21. The summed E-state index contributed by atoms with van der Waals surface area (Å²) in [6.07, 6.45) is 1.34. The summed E-state index contributed by atoms with van der Waals surface area (Å²) in [7, 11) is 0. The fourth-order valence-electron chi connectivity index (χ4n) is 1.51. The second kappa shape index (κ2) is 2.75. The van der Waals surface area contributed by atoms with Gasteiger partial charge in [-0.3, -0.25) is 4.79 Å². The molecule has 0 N–H and O–H groups in total. The summed E-state index contributed by atoms with van der Waals surface area (Å²) in [5, 5.41) is 1.09. The smallest absolute Gasteiger partial charge is 0.164 e. The van der Waals surface area contributed by atoms with Crippen molar-refractivity contribution in [1.82, 2.24) is 0 Å². The number of carbonyl (C=O) groups is 1. The molecule has 3 heteroatoms. The first kappa shape index (κ1) is 8.09. The lowest BCUT2D eigenvalue weighted by molar-refractivity contribution is 0.0994. The minimum atomic E-state index is 0.131. The first-order valence-corrected chi connectivity index (χ1v) is 4.45. The molecule has 0 fully saturated rings. The van der Waals surface area contributed by atoms with Gasteiger partial charge in [0.1, 0.15) is 0 Å². The van der Waals surface area contributed by atoms with Gasteiger partial charge in [-0.15, -0.1) is 0 Å². The fraction of sp³-hybridized carbons (Fsp3) is 0.222. The van der Waals surface area contributed by atoms with E-state index in [0.717, 1.165) is 12.0 Å². The van der Waals surface area contributed by atoms with Crippen molar-refractivity contribution >= 4 is 29.0 Å². The molecule has 0 saturated heterocycles. The summed E-state index contributed by atoms with van der Waals surface area (Å²) >= 11 is 11.6. The van der Waals surface area contributed by atoms with Gasteiger partial charge in [0.15, 0.2) is 5.78 Å². The van der Waals surface area contributed by atoms with Crippen LogP contribution in [0.2, 0.25) is 10.0 Å². The van der Waals surface area contributed by atoms with Crippen LogP contribution < -0.4 is 0 Å². The summed E-state index contributed by atoms with van der Waals surface area (Å²) in [6.45, 7) is 0. The zero-order chi connectivity index (χ0) is 8.72. The van der Waals surface area contributed by atoms with Crippen LogP contribution in [0.5, 0.6) is 0 Å². The molecule has 12 heavy (non-hydrogen) atoms. The van der Waals surface area contributed by atoms with Gasteiger partial charge in [-0.05, 0) is 24.1 Å². The van der Waals surface area contributed by atoms with E-state index in [4.69, 9.17) is 23.2 Å². The molecule has 0 heterocycles. The van der Waals surface area contributed by atoms with Crippen LogP contribution in [-0.2, 0) is 6.42 Å². The number of aryl methyl sites for hydroxylation is 1. The molecule has 0 radical (unpaired) electrons. The van der Waals surface area contributed by atoms with Gasteiger partial charge in [-0.2, -0.15) is 0 Å². The minimum Gasteiger partial charge on any atom is -0.294 e. The summed E-state index contributed by atoms with van der Waals surface area (Å²) in [5.41, 5.74) is 1.65. The van der Waals surface area contributed by atoms with Gasteiger partial charge in [-0.25, -0.2) is 0 Å². The van der Waals surface area contributed by atoms with Crippen molar-refractivity contribution < 1.29 is 4.79 Å². The number of hydrogen-bond donors (Lipinski definition) is 0. The van der Waals surface area contributed by atoms with E-state index in [1.54, 1.807) is 6.07 Å². The summed E-state index contributed by atoms with van der Waals surface area (Å²) in [6, 6.07) is 3.43. The maximum atomic E-state index is 11.3. The predicted molar refractivity (Wildman–Crippen MR) is 49.1 cm³/mol. The Balaban J connectivity index is 2.68. The highest BCUT2D eigenvalue weighted by atomic mass is 35.5. The number of carbonyl (C=O) groups excluding carboxylic acids is 1. The topological polar surface area (TPSA) is 17.1 Å². The van der Waals surface area contributed by atoms with E-state index in [9.17, 15) is 4.79 Å². The van der Waals surface area contributed by atoms with Crippen LogP contribution in [-0.4, -0.2) is 5.78 Å². The average Bonchev–Trinajstić information content (AvgIpc) is 2.31. The number of hydrogen-bond acceptors (Lipinski definition) is 1. The lowest BCUT2D eigenvalue weighted by Crippen LogP contribution is -1.92. The summed E-state index contributed by atoms with van der Waals surface area (Å²) < 4.78 is 0. The van der Waals surface area contributed by atoms with Crippen LogP contribution in [0.15, 0.2) is 12.1 Å². The highest BCUT2D eigenvalue weighted by Crippen LogP contribution is 2.31. The van der Waals surface area contributed by atoms with E-state index in [0.29, 0.717) is 22.0 Å². The second-order valence-electron chi connectivity index (χ2n) is 2.84.